The lowest BCUT2D eigenvalue weighted by molar-refractivity contribution is -0.123. The molecule has 0 saturated carbocycles. The minimum Gasteiger partial charge on any atom is -0.484 e. The molecule has 0 saturated heterocycles. The smallest absolute Gasteiger partial charge is 0.258 e. The normalized spacial score (nSPS) is 12.1. The number of rotatable bonds is 9. The summed E-state index contributed by atoms with van der Waals surface area (Å²) in [5.74, 6) is 0.212. The van der Waals surface area contributed by atoms with Gasteiger partial charge in [-0.15, -0.1) is 0 Å². The molecule has 6 nitrogen and oxygen atoms in total. The van der Waals surface area contributed by atoms with Gasteiger partial charge >= 0.3 is 0 Å². The molecule has 8 heteroatoms. The Hall–Kier alpha value is -3.03. The molecule has 0 fully saturated rings. The Morgan fingerprint density at radius 2 is 1.62 bits per heavy atom. The van der Waals surface area contributed by atoms with Crippen molar-refractivity contribution >= 4 is 33.2 Å². The average Bonchev–Trinajstić information content (AvgIpc) is 2.77. The van der Waals surface area contributed by atoms with E-state index in [0.717, 1.165) is 11.8 Å². The molecular weight excluding hydrogens is 448 g/mol. The fourth-order valence-electron chi connectivity index (χ4n) is 3.15. The zero-order valence-electron chi connectivity index (χ0n) is 17.9. The number of nitrogens with one attached hydrogen (secondary N) is 1. The number of nitrogens with zero attached hydrogens (tertiary/aromatic N) is 1. The summed E-state index contributed by atoms with van der Waals surface area (Å²) in [6.45, 7) is 1.87. The van der Waals surface area contributed by atoms with Gasteiger partial charge in [-0.05, 0) is 48.4 Å². The molecular formula is C24H25ClN2O4S. The lowest BCUT2D eigenvalue weighted by Gasteiger charge is -2.23. The third-order valence-corrected chi connectivity index (χ3v) is 6.35. The van der Waals surface area contributed by atoms with E-state index in [4.69, 9.17) is 16.3 Å². The Labute approximate surface area is 193 Å². The van der Waals surface area contributed by atoms with Crippen LogP contribution in [0.25, 0.3) is 0 Å². The van der Waals surface area contributed by atoms with Crippen molar-refractivity contribution in [2.24, 2.45) is 0 Å². The van der Waals surface area contributed by atoms with E-state index in [0.29, 0.717) is 22.0 Å². The van der Waals surface area contributed by atoms with Crippen molar-refractivity contribution in [2.75, 3.05) is 17.2 Å². The lowest BCUT2D eigenvalue weighted by Crippen LogP contribution is -2.31. The number of anilines is 1. The molecule has 0 aliphatic rings. The molecule has 0 bridgehead atoms. The molecule has 1 atom stereocenters. The molecule has 1 amide bonds. The van der Waals surface area contributed by atoms with Gasteiger partial charge in [-0.1, -0.05) is 60.1 Å². The third-order valence-electron chi connectivity index (χ3n) is 4.84. The molecule has 0 aliphatic carbocycles. The number of carbonyl (C=O) groups excluding carboxylic acids is 1. The van der Waals surface area contributed by atoms with E-state index in [1.54, 1.807) is 42.5 Å². The summed E-state index contributed by atoms with van der Waals surface area (Å²) in [5.41, 5.74) is 2.18. The maximum absolute atomic E-state index is 12.4. The van der Waals surface area contributed by atoms with Crippen molar-refractivity contribution in [3.8, 4) is 5.75 Å². The van der Waals surface area contributed by atoms with Gasteiger partial charge in [-0.25, -0.2) is 8.42 Å². The zero-order valence-corrected chi connectivity index (χ0v) is 19.4. The van der Waals surface area contributed by atoms with Crippen molar-refractivity contribution < 1.29 is 17.9 Å². The summed E-state index contributed by atoms with van der Waals surface area (Å²) in [7, 11) is -3.54. The highest BCUT2D eigenvalue weighted by molar-refractivity contribution is 7.92. The van der Waals surface area contributed by atoms with Crippen molar-refractivity contribution in [3.05, 3.63) is 95.0 Å². The highest BCUT2D eigenvalue weighted by atomic mass is 35.5. The van der Waals surface area contributed by atoms with Gasteiger partial charge in [0.2, 0.25) is 10.0 Å². The molecule has 32 heavy (non-hydrogen) atoms. The van der Waals surface area contributed by atoms with E-state index >= 15 is 0 Å². The number of hydrogen-bond acceptors (Lipinski definition) is 4. The number of carbonyl (C=O) groups is 1. The minimum absolute atomic E-state index is 0.110. The van der Waals surface area contributed by atoms with Crippen LogP contribution in [0.4, 0.5) is 5.69 Å². The molecule has 1 N–H and O–H groups in total. The molecule has 3 aromatic carbocycles. The number of sulfonamides is 1. The van der Waals surface area contributed by atoms with Crippen LogP contribution in [-0.4, -0.2) is 27.2 Å². The highest BCUT2D eigenvalue weighted by Crippen LogP contribution is 2.26. The Morgan fingerprint density at radius 1 is 1.00 bits per heavy atom. The van der Waals surface area contributed by atoms with Gasteiger partial charge < -0.3 is 10.1 Å². The molecule has 3 rings (SSSR count). The Morgan fingerprint density at radius 3 is 2.25 bits per heavy atom. The van der Waals surface area contributed by atoms with E-state index in [1.165, 1.54) is 4.31 Å². The molecule has 0 aliphatic heterocycles. The van der Waals surface area contributed by atoms with E-state index in [2.05, 4.69) is 5.32 Å². The van der Waals surface area contributed by atoms with Gasteiger partial charge in [-0.3, -0.25) is 9.10 Å². The fraction of sp³-hybridized carbons (Fsp3) is 0.208. The number of hydrogen-bond donors (Lipinski definition) is 1. The van der Waals surface area contributed by atoms with E-state index < -0.39 is 10.0 Å². The fourth-order valence-corrected chi connectivity index (χ4v) is 4.22. The topological polar surface area (TPSA) is 75.7 Å². The van der Waals surface area contributed by atoms with Gasteiger partial charge in [0.1, 0.15) is 5.75 Å². The summed E-state index contributed by atoms with van der Waals surface area (Å²) in [6.07, 6.45) is 1.15. The molecule has 0 aromatic heterocycles. The minimum atomic E-state index is -3.54. The second-order valence-electron chi connectivity index (χ2n) is 7.34. The summed E-state index contributed by atoms with van der Waals surface area (Å²) in [4.78, 5) is 12.2. The van der Waals surface area contributed by atoms with E-state index in [-0.39, 0.29) is 25.1 Å². The number of halogens is 1. The van der Waals surface area contributed by atoms with Crippen LogP contribution in [0.5, 0.6) is 5.75 Å². The quantitative estimate of drug-likeness (QED) is 0.495. The van der Waals surface area contributed by atoms with Crippen LogP contribution in [0.1, 0.15) is 24.1 Å². The van der Waals surface area contributed by atoms with Crippen molar-refractivity contribution in [2.45, 2.75) is 19.5 Å². The molecule has 0 unspecified atom stereocenters. The van der Waals surface area contributed by atoms with Crippen LogP contribution in [0.15, 0.2) is 78.9 Å². The molecule has 3 aromatic rings. The largest absolute Gasteiger partial charge is 0.484 e. The standard InChI is InChI=1S/C24H25ClN2O4S/c1-18(19-8-4-3-5-9-19)26-24(28)17-31-22-14-12-21(13-15-22)27(32(2,29)30)16-20-10-6-7-11-23(20)25/h3-15,18H,16-17H2,1-2H3,(H,26,28)/t18-/m0/s1. The van der Waals surface area contributed by atoms with Crippen LogP contribution in [-0.2, 0) is 21.4 Å². The average molecular weight is 473 g/mol. The first kappa shape index (κ1) is 23.6. The van der Waals surface area contributed by atoms with Crippen LogP contribution < -0.4 is 14.4 Å². The Kier molecular flexibility index (Phi) is 7.77. The first-order chi connectivity index (χ1) is 15.2. The molecule has 0 radical (unpaired) electrons. The number of ether oxygens (including phenoxy) is 1. The predicted molar refractivity (Wildman–Crippen MR) is 127 cm³/mol. The summed E-state index contributed by atoms with van der Waals surface area (Å²) in [6, 6.07) is 23.2. The Balaban J connectivity index is 1.62. The van der Waals surface area contributed by atoms with Crippen molar-refractivity contribution in [1.29, 1.82) is 0 Å². The van der Waals surface area contributed by atoms with Crippen LogP contribution in [0, 0.1) is 0 Å². The molecule has 0 spiro atoms. The van der Waals surface area contributed by atoms with Crippen LogP contribution >= 0.6 is 11.6 Å². The SMILES string of the molecule is C[C@H](NC(=O)COc1ccc(N(Cc2ccccc2Cl)S(C)(=O)=O)cc1)c1ccccc1. The van der Waals surface area contributed by atoms with Gasteiger partial charge in [-0.2, -0.15) is 0 Å². The highest BCUT2D eigenvalue weighted by Gasteiger charge is 2.19. The number of benzene rings is 3. The number of amides is 1. The van der Waals surface area contributed by atoms with E-state index in [1.807, 2.05) is 43.3 Å². The van der Waals surface area contributed by atoms with Crippen molar-refractivity contribution in [1.82, 2.24) is 5.32 Å². The van der Waals surface area contributed by atoms with Crippen LogP contribution in [0.3, 0.4) is 0 Å². The maximum Gasteiger partial charge on any atom is 0.258 e. The van der Waals surface area contributed by atoms with Gasteiger partial charge in [0.05, 0.1) is 24.5 Å². The third kappa shape index (κ3) is 6.48. The van der Waals surface area contributed by atoms with Crippen LogP contribution in [0.2, 0.25) is 5.02 Å². The van der Waals surface area contributed by atoms with Crippen molar-refractivity contribution in [3.63, 3.8) is 0 Å². The van der Waals surface area contributed by atoms with Gasteiger partial charge in [0.15, 0.2) is 6.61 Å². The monoisotopic (exact) mass is 472 g/mol. The summed E-state index contributed by atoms with van der Waals surface area (Å²) >= 11 is 6.20. The lowest BCUT2D eigenvalue weighted by atomic mass is 10.1. The molecule has 168 valence electrons. The van der Waals surface area contributed by atoms with Gasteiger partial charge in [0.25, 0.3) is 5.91 Å². The molecule has 0 heterocycles. The summed E-state index contributed by atoms with van der Waals surface area (Å²) in [5, 5.41) is 3.38. The second kappa shape index (κ2) is 10.5. The maximum atomic E-state index is 12.4. The second-order valence-corrected chi connectivity index (χ2v) is 9.66. The van der Waals surface area contributed by atoms with E-state index in [9.17, 15) is 13.2 Å². The van der Waals surface area contributed by atoms with Gasteiger partial charge in [0, 0.05) is 5.02 Å². The zero-order chi connectivity index (χ0) is 23.1. The first-order valence-electron chi connectivity index (χ1n) is 10.0. The first-order valence-corrected chi connectivity index (χ1v) is 12.2. The Bertz CT molecular complexity index is 1150. The summed E-state index contributed by atoms with van der Waals surface area (Å²) < 4.78 is 31.6. The predicted octanol–water partition coefficient (Wildman–Crippen LogP) is 4.56.